The van der Waals surface area contributed by atoms with E-state index in [1.165, 1.54) is 0 Å². The van der Waals surface area contributed by atoms with E-state index in [2.05, 4.69) is 10.0 Å². The van der Waals surface area contributed by atoms with Gasteiger partial charge in [0, 0.05) is 4.91 Å². The Kier molecular flexibility index (Phi) is 3.51. The topological polar surface area (TPSA) is 113 Å². The van der Waals surface area contributed by atoms with Gasteiger partial charge >= 0.3 is 0 Å². The van der Waals surface area contributed by atoms with Crippen molar-refractivity contribution in [3.05, 3.63) is 10.4 Å². The van der Waals surface area contributed by atoms with Crippen LogP contribution in [0.15, 0.2) is 5.11 Å². The van der Waals surface area contributed by atoms with Gasteiger partial charge in [0.2, 0.25) is 0 Å². The third-order valence-electron chi connectivity index (χ3n) is 1.89. The molecular formula is C6H11N5O2. The predicted molar refractivity (Wildman–Crippen MR) is 44.2 cm³/mol. The lowest BCUT2D eigenvalue weighted by Crippen LogP contribution is -2.39. The van der Waals surface area contributed by atoms with Gasteiger partial charge in [-0.25, -0.2) is 5.84 Å². The van der Waals surface area contributed by atoms with Gasteiger partial charge in [-0.2, -0.15) is 0 Å². The van der Waals surface area contributed by atoms with Crippen LogP contribution in [0.3, 0.4) is 0 Å². The fraction of sp³-hybridized carbons (Fsp3) is 0.833. The number of nitrogens with two attached hydrogens (primary N) is 1. The highest BCUT2D eigenvalue weighted by Gasteiger charge is 2.29. The summed E-state index contributed by atoms with van der Waals surface area (Å²) in [4.78, 5) is 13.6. The van der Waals surface area contributed by atoms with Gasteiger partial charge in [0.05, 0.1) is 12.6 Å². The van der Waals surface area contributed by atoms with Crippen LogP contribution in [0.1, 0.15) is 12.8 Å². The van der Waals surface area contributed by atoms with Crippen LogP contribution in [0.25, 0.3) is 10.4 Å². The maximum absolute atomic E-state index is 11.0. The molecule has 1 rings (SSSR count). The van der Waals surface area contributed by atoms with Crippen molar-refractivity contribution in [1.82, 2.24) is 5.43 Å². The highest BCUT2D eigenvalue weighted by molar-refractivity contribution is 5.80. The van der Waals surface area contributed by atoms with Crippen molar-refractivity contribution in [2.24, 2.45) is 11.0 Å². The molecule has 3 N–H and O–H groups in total. The molecular weight excluding hydrogens is 174 g/mol. The van der Waals surface area contributed by atoms with Crippen molar-refractivity contribution in [3.8, 4) is 0 Å². The van der Waals surface area contributed by atoms with Crippen molar-refractivity contribution < 1.29 is 9.53 Å². The number of nitrogens with one attached hydrogen (secondary N) is 1. The van der Waals surface area contributed by atoms with E-state index in [1.54, 1.807) is 0 Å². The molecule has 1 aliphatic rings. The average molecular weight is 185 g/mol. The first-order chi connectivity index (χ1) is 6.27. The molecule has 2 atom stereocenters. The lowest BCUT2D eigenvalue weighted by atomic mass is 10.2. The Morgan fingerprint density at radius 2 is 2.54 bits per heavy atom. The first-order valence-corrected chi connectivity index (χ1v) is 3.94. The second kappa shape index (κ2) is 4.66. The quantitative estimate of drug-likeness (QED) is 0.159. The Labute approximate surface area is 74.8 Å². The molecule has 0 aliphatic carbocycles. The molecule has 1 amide bonds. The van der Waals surface area contributed by atoms with E-state index < -0.39 is 6.10 Å². The van der Waals surface area contributed by atoms with Crippen LogP contribution < -0.4 is 11.3 Å². The number of hydrogen-bond donors (Lipinski definition) is 2. The van der Waals surface area contributed by atoms with Crippen LogP contribution >= 0.6 is 0 Å². The standard InChI is InChI=1S/C6H11N5O2/c7-10-6(12)5-2-1-4(13-5)3-9-11-8/h4-5H,1-3,7H2,(H,10,12). The molecule has 1 fully saturated rings. The first-order valence-electron chi connectivity index (χ1n) is 3.94. The zero-order valence-electron chi connectivity index (χ0n) is 7.01. The van der Waals surface area contributed by atoms with Crippen molar-refractivity contribution in [2.75, 3.05) is 6.54 Å². The fourth-order valence-corrected chi connectivity index (χ4v) is 1.25. The van der Waals surface area contributed by atoms with E-state index in [-0.39, 0.29) is 18.6 Å². The Morgan fingerprint density at radius 3 is 3.15 bits per heavy atom. The number of amides is 1. The molecule has 0 spiro atoms. The average Bonchev–Trinajstić information content (AvgIpc) is 2.62. The summed E-state index contributed by atoms with van der Waals surface area (Å²) in [6.07, 6.45) is 0.688. The van der Waals surface area contributed by atoms with Crippen LogP contribution in [0.2, 0.25) is 0 Å². The normalized spacial score (nSPS) is 26.5. The van der Waals surface area contributed by atoms with Gasteiger partial charge in [-0.15, -0.1) is 0 Å². The van der Waals surface area contributed by atoms with Crippen molar-refractivity contribution in [3.63, 3.8) is 0 Å². The molecule has 1 heterocycles. The number of nitrogens with zero attached hydrogens (tertiary/aromatic N) is 3. The van der Waals surface area contributed by atoms with Gasteiger partial charge in [0.25, 0.3) is 5.91 Å². The van der Waals surface area contributed by atoms with Gasteiger partial charge in [-0.3, -0.25) is 10.2 Å². The van der Waals surface area contributed by atoms with Crippen LogP contribution in [-0.2, 0) is 9.53 Å². The summed E-state index contributed by atoms with van der Waals surface area (Å²) in [5.41, 5.74) is 10.1. The number of azide groups is 1. The number of hydrazine groups is 1. The predicted octanol–water partition coefficient (Wildman–Crippen LogP) is -0.166. The molecule has 1 aliphatic heterocycles. The van der Waals surface area contributed by atoms with Crippen molar-refractivity contribution in [2.45, 2.75) is 25.0 Å². The summed E-state index contributed by atoms with van der Waals surface area (Å²) in [5.74, 6) is 4.61. The Hall–Kier alpha value is -1.30. The third-order valence-corrected chi connectivity index (χ3v) is 1.89. The van der Waals surface area contributed by atoms with Crippen LogP contribution in [0, 0.1) is 0 Å². The number of carbonyl (C=O) groups is 1. The molecule has 13 heavy (non-hydrogen) atoms. The molecule has 0 aromatic carbocycles. The number of hydrogen-bond acceptors (Lipinski definition) is 4. The van der Waals surface area contributed by atoms with E-state index in [9.17, 15) is 4.79 Å². The minimum absolute atomic E-state index is 0.154. The van der Waals surface area contributed by atoms with Gasteiger partial charge in [-0.1, -0.05) is 5.11 Å². The largest absolute Gasteiger partial charge is 0.365 e. The molecule has 7 heteroatoms. The molecule has 0 saturated carbocycles. The minimum atomic E-state index is -0.496. The van der Waals surface area contributed by atoms with Gasteiger partial charge in [-0.05, 0) is 18.4 Å². The monoisotopic (exact) mass is 185 g/mol. The maximum Gasteiger partial charge on any atom is 0.263 e. The number of carbonyl (C=O) groups excluding carboxylic acids is 1. The summed E-state index contributed by atoms with van der Waals surface area (Å²) >= 11 is 0. The SMILES string of the molecule is [N-]=[N+]=NCC1CCC(C(=O)NN)O1. The summed E-state index contributed by atoms with van der Waals surface area (Å²) in [7, 11) is 0. The Morgan fingerprint density at radius 1 is 1.77 bits per heavy atom. The van der Waals surface area contributed by atoms with Gasteiger partial charge in [0.1, 0.15) is 6.10 Å². The van der Waals surface area contributed by atoms with Crippen LogP contribution in [-0.4, -0.2) is 24.7 Å². The van der Waals surface area contributed by atoms with E-state index in [0.717, 1.165) is 6.42 Å². The number of ether oxygens (including phenoxy) is 1. The fourth-order valence-electron chi connectivity index (χ4n) is 1.25. The summed E-state index contributed by atoms with van der Waals surface area (Å²) in [6.45, 7) is 0.269. The van der Waals surface area contributed by atoms with E-state index in [0.29, 0.717) is 6.42 Å². The van der Waals surface area contributed by atoms with Crippen molar-refractivity contribution >= 4 is 5.91 Å². The molecule has 0 bridgehead atoms. The first kappa shape index (κ1) is 9.79. The molecule has 0 aromatic rings. The third kappa shape index (κ3) is 2.59. The summed E-state index contributed by atoms with van der Waals surface area (Å²) < 4.78 is 5.26. The second-order valence-electron chi connectivity index (χ2n) is 2.75. The Balaban J connectivity index is 2.35. The smallest absolute Gasteiger partial charge is 0.263 e. The van der Waals surface area contributed by atoms with Crippen LogP contribution in [0.4, 0.5) is 0 Å². The van der Waals surface area contributed by atoms with Gasteiger partial charge < -0.3 is 4.74 Å². The maximum atomic E-state index is 11.0. The zero-order chi connectivity index (χ0) is 9.68. The highest BCUT2D eigenvalue weighted by atomic mass is 16.5. The minimum Gasteiger partial charge on any atom is -0.365 e. The lowest BCUT2D eigenvalue weighted by Gasteiger charge is -2.09. The lowest BCUT2D eigenvalue weighted by molar-refractivity contribution is -0.131. The highest BCUT2D eigenvalue weighted by Crippen LogP contribution is 2.19. The van der Waals surface area contributed by atoms with Crippen LogP contribution in [0.5, 0.6) is 0 Å². The molecule has 2 unspecified atom stereocenters. The van der Waals surface area contributed by atoms with Gasteiger partial charge in [0.15, 0.2) is 0 Å². The second-order valence-corrected chi connectivity index (χ2v) is 2.75. The molecule has 0 aromatic heterocycles. The zero-order valence-corrected chi connectivity index (χ0v) is 7.01. The van der Waals surface area contributed by atoms with E-state index >= 15 is 0 Å². The molecule has 0 radical (unpaired) electrons. The summed E-state index contributed by atoms with van der Waals surface area (Å²) in [5, 5.41) is 3.37. The number of rotatable bonds is 3. The Bertz CT molecular complexity index is 237. The summed E-state index contributed by atoms with van der Waals surface area (Å²) in [6, 6.07) is 0. The van der Waals surface area contributed by atoms with Crippen molar-refractivity contribution in [1.29, 1.82) is 0 Å². The van der Waals surface area contributed by atoms with E-state index in [1.807, 2.05) is 5.43 Å². The molecule has 7 nitrogen and oxygen atoms in total. The molecule has 1 saturated heterocycles. The van der Waals surface area contributed by atoms with E-state index in [4.69, 9.17) is 16.1 Å². The molecule has 72 valence electrons.